The number of nitrogens with zero attached hydrogens (tertiary/aromatic N) is 3. The van der Waals surface area contributed by atoms with E-state index >= 15 is 0 Å². The van der Waals surface area contributed by atoms with Gasteiger partial charge >= 0.3 is 23.9 Å². The molecule has 14 unspecified atom stereocenters. The lowest BCUT2D eigenvalue weighted by atomic mass is 9.79. The van der Waals surface area contributed by atoms with Crippen LogP contribution < -0.4 is 0 Å². The molecular formula is C71H111N3O28. The van der Waals surface area contributed by atoms with Gasteiger partial charge in [-0.3, -0.25) is 14.4 Å². The van der Waals surface area contributed by atoms with Crippen molar-refractivity contribution in [1.82, 2.24) is 0 Å². The Morgan fingerprint density at radius 3 is 1.21 bits per heavy atom. The van der Waals surface area contributed by atoms with Gasteiger partial charge in [0.15, 0.2) is 50.1 Å². The number of carbonyl (C=O) groups is 4. The summed E-state index contributed by atoms with van der Waals surface area (Å²) >= 11 is 0. The van der Waals surface area contributed by atoms with E-state index in [1.54, 1.807) is 65.9 Å². The first kappa shape index (κ1) is 81.7. The van der Waals surface area contributed by atoms with Gasteiger partial charge in [0.1, 0.15) is 80.8 Å². The molecule has 1 aromatic carbocycles. The quantitative estimate of drug-likeness (QED) is 0.0266. The van der Waals surface area contributed by atoms with E-state index < -0.39 is 201 Å². The Morgan fingerprint density at radius 2 is 0.775 bits per heavy atom. The number of ether oxygens (including phenoxy) is 24. The number of rotatable bonds is 30. The zero-order valence-corrected chi connectivity index (χ0v) is 62.3. The Balaban J connectivity index is 0.914. The van der Waals surface area contributed by atoms with Crippen molar-refractivity contribution in [2.75, 3.05) is 88.9 Å². The van der Waals surface area contributed by atoms with E-state index in [4.69, 9.17) is 114 Å². The maximum absolute atomic E-state index is 13.8. The molecule has 578 valence electrons. The van der Waals surface area contributed by atoms with E-state index in [-0.39, 0.29) is 81.8 Å². The molecule has 0 radical (unpaired) electrons. The summed E-state index contributed by atoms with van der Waals surface area (Å²) in [4.78, 5) is 54.5. The summed E-state index contributed by atoms with van der Waals surface area (Å²) in [7, 11) is 9.39. The molecular weight excluding hydrogens is 1340 g/mol. The number of azide groups is 1. The van der Waals surface area contributed by atoms with Crippen LogP contribution in [0.1, 0.15) is 100 Å². The van der Waals surface area contributed by atoms with Gasteiger partial charge in [-0.2, -0.15) is 0 Å². The van der Waals surface area contributed by atoms with Gasteiger partial charge in [-0.05, 0) is 41.3 Å². The van der Waals surface area contributed by atoms with Crippen LogP contribution in [-0.4, -0.2) is 267 Å². The molecule has 9 rings (SSSR count). The maximum Gasteiger partial charge on any atom is 0.338 e. The Morgan fingerprint density at radius 1 is 0.402 bits per heavy atom. The number of esters is 4. The fourth-order valence-corrected chi connectivity index (χ4v) is 15.6. The molecule has 0 N–H and O–H groups in total. The molecule has 31 nitrogen and oxygen atoms in total. The van der Waals surface area contributed by atoms with Crippen molar-refractivity contribution < 1.29 is 133 Å². The van der Waals surface area contributed by atoms with Gasteiger partial charge in [0.05, 0.1) is 74.7 Å². The van der Waals surface area contributed by atoms with Crippen molar-refractivity contribution in [2.45, 2.75) is 244 Å². The second-order valence-corrected chi connectivity index (χ2v) is 28.6. The fourth-order valence-electron chi connectivity index (χ4n) is 15.6. The Hall–Kier alpha value is -4.39. The lowest BCUT2D eigenvalue weighted by molar-refractivity contribution is -0.381. The summed E-state index contributed by atoms with van der Waals surface area (Å²) in [6.07, 6.45) is -19.7. The summed E-state index contributed by atoms with van der Waals surface area (Å²) in [6, 6.07) is 7.71. The molecule has 31 heteroatoms. The summed E-state index contributed by atoms with van der Waals surface area (Å²) in [5.74, 6) is -5.32. The van der Waals surface area contributed by atoms with Crippen molar-refractivity contribution in [3.05, 3.63) is 46.3 Å². The highest BCUT2D eigenvalue weighted by Crippen LogP contribution is 2.46. The average molecular weight is 1450 g/mol. The minimum absolute atomic E-state index is 0.00139. The normalized spacial score (nSPS) is 43.7. The largest absolute Gasteiger partial charge is 0.463 e. The summed E-state index contributed by atoms with van der Waals surface area (Å²) in [6.45, 7) is 23.8. The molecule has 2 bridgehead atoms. The third-order valence-electron chi connectivity index (χ3n) is 22.2. The number of hydrogen-bond acceptors (Lipinski definition) is 29. The second kappa shape index (κ2) is 37.4. The Kier molecular flexibility index (Phi) is 30.0. The minimum Gasteiger partial charge on any atom is -0.463 e. The minimum atomic E-state index is -1.32. The molecule has 0 spiro atoms. The van der Waals surface area contributed by atoms with Crippen LogP contribution in [0, 0.1) is 59.2 Å². The highest BCUT2D eigenvalue weighted by atomic mass is 16.8. The van der Waals surface area contributed by atoms with Crippen molar-refractivity contribution in [2.24, 2.45) is 64.3 Å². The monoisotopic (exact) mass is 1450 g/mol. The van der Waals surface area contributed by atoms with Crippen LogP contribution in [0.4, 0.5) is 0 Å². The lowest BCUT2D eigenvalue weighted by Crippen LogP contribution is -2.64. The van der Waals surface area contributed by atoms with E-state index in [2.05, 4.69) is 23.9 Å². The summed E-state index contributed by atoms with van der Waals surface area (Å²) in [5, 5.41) is 3.93. The van der Waals surface area contributed by atoms with E-state index in [9.17, 15) is 24.7 Å². The SMILES string of the molecule is COCC1O[C@@H](O[C@H]2C(C)C(C)[C@@H](O[C@H]3C(C)C(OC)[C@H](O[C@H]4C5CO[C@H](O5)C(N=[N+]=[N-])[C@@H]4OC)O[C@H]3COC)O[C@H]2COC)C(OC)[C@@H](C)[C@@H]1O[C@@H]1OC(COC(=O)c2ccccc2)[C@@H](O[C@@H]2O[C@@H](COC(C)=O)[C@@H](O[C@H]3O[C@@H](COC(C)=O)[C@@H](C)C(C)C3C)C(C)C2OC(C)=O)[C@H](C)C1C. The molecule has 8 saturated heterocycles. The van der Waals surface area contributed by atoms with Crippen molar-refractivity contribution in [1.29, 1.82) is 0 Å². The molecule has 8 aliphatic heterocycles. The summed E-state index contributed by atoms with van der Waals surface area (Å²) in [5.41, 5.74) is 9.72. The Bertz CT molecular complexity index is 2860. The molecule has 0 aromatic heterocycles. The molecule has 102 heavy (non-hydrogen) atoms. The van der Waals surface area contributed by atoms with Crippen LogP contribution in [0.2, 0.25) is 0 Å². The van der Waals surface area contributed by atoms with Gasteiger partial charge in [0.2, 0.25) is 0 Å². The topological polar surface area (TPSA) is 339 Å². The second-order valence-electron chi connectivity index (χ2n) is 28.6. The molecule has 8 fully saturated rings. The number of carbonyl (C=O) groups excluding carboxylic acids is 4. The summed E-state index contributed by atoms with van der Waals surface area (Å²) < 4.78 is 154. The molecule has 0 aliphatic carbocycles. The highest BCUT2D eigenvalue weighted by molar-refractivity contribution is 5.89. The lowest BCUT2D eigenvalue weighted by Gasteiger charge is -2.52. The Labute approximate surface area is 598 Å². The van der Waals surface area contributed by atoms with Gasteiger partial charge < -0.3 is 114 Å². The van der Waals surface area contributed by atoms with Gasteiger partial charge in [0, 0.05) is 104 Å². The first-order chi connectivity index (χ1) is 48.8. The first-order valence-electron chi connectivity index (χ1n) is 35.7. The van der Waals surface area contributed by atoms with Gasteiger partial charge in [0.25, 0.3) is 0 Å². The van der Waals surface area contributed by atoms with Gasteiger partial charge in [-0.25, -0.2) is 4.79 Å². The number of fused-ring (bicyclic) bond motifs is 2. The molecule has 8 aliphatic rings. The van der Waals surface area contributed by atoms with Crippen LogP contribution >= 0.6 is 0 Å². The predicted molar refractivity (Wildman–Crippen MR) is 354 cm³/mol. The highest BCUT2D eigenvalue weighted by Gasteiger charge is 2.59. The molecule has 8 heterocycles. The fraction of sp³-hybridized carbons (Fsp3) is 0.859. The van der Waals surface area contributed by atoms with E-state index in [1.807, 2.05) is 55.4 Å². The smallest absolute Gasteiger partial charge is 0.338 e. The van der Waals surface area contributed by atoms with E-state index in [0.717, 1.165) is 0 Å². The molecule has 35 atom stereocenters. The van der Waals surface area contributed by atoms with Crippen molar-refractivity contribution >= 4 is 23.9 Å². The van der Waals surface area contributed by atoms with Crippen LogP contribution in [-0.2, 0) is 128 Å². The average Bonchev–Trinajstić information content (AvgIpc) is 1.06. The van der Waals surface area contributed by atoms with Crippen LogP contribution in [0.5, 0.6) is 0 Å². The van der Waals surface area contributed by atoms with Crippen LogP contribution in [0.15, 0.2) is 35.4 Å². The van der Waals surface area contributed by atoms with Crippen molar-refractivity contribution in [3.8, 4) is 0 Å². The predicted octanol–water partition coefficient (Wildman–Crippen LogP) is 6.34. The molecule has 1 aromatic rings. The maximum atomic E-state index is 13.8. The van der Waals surface area contributed by atoms with Crippen LogP contribution in [0.3, 0.4) is 0 Å². The first-order valence-corrected chi connectivity index (χ1v) is 35.7. The standard InChI is InChI=1S/C71H111N3O28/c1-32-33(2)46(28-85-42(11)75)90-65(36(32)5)99-58-41(10)61(89-44(13)77)71(96-50(58)29-86-43(12)76)101-55-35(4)38(7)67(92-51(55)30-87-64(78)45-23-21-20-22-24-45)98-56-39(8)59(82-17)69(94-48(56)26-80-15)100-54-34(3)37(6)66(91-47(54)25-79-14)97-57-40(9)60(83-18)70(95-49(57)27-81-16)102-62-52-31-88-68(93-52)53(73-74-72)63(62)84-19/h20-24,32-41,46-63,65-71H,25-31H2,1-19H3/t32?,33-,34?,35+,36?,37?,38?,39-,40?,41?,46-,47-,48?,49-,50-,51?,52?,53?,54-,55-,56-,57-,58-,59?,60?,61?,62-,63-,65+,66+,67-,68+,69-,70-,71-/m0/s1. The van der Waals surface area contributed by atoms with E-state index in [1.165, 1.54) is 27.9 Å². The zero-order chi connectivity index (χ0) is 74.0. The molecule has 0 amide bonds. The molecule has 0 saturated carbocycles. The number of hydrogen-bond donors (Lipinski definition) is 0. The van der Waals surface area contributed by atoms with Crippen LogP contribution in [0.25, 0.3) is 10.4 Å². The van der Waals surface area contributed by atoms with Crippen molar-refractivity contribution in [3.63, 3.8) is 0 Å². The van der Waals surface area contributed by atoms with Gasteiger partial charge in [-0.1, -0.05) is 92.6 Å². The van der Waals surface area contributed by atoms with Gasteiger partial charge in [-0.15, -0.1) is 0 Å². The third-order valence-corrected chi connectivity index (χ3v) is 22.2. The third kappa shape index (κ3) is 18.8. The zero-order valence-electron chi connectivity index (χ0n) is 62.3. The number of methoxy groups -OCH3 is 6. The number of benzene rings is 1. The van der Waals surface area contributed by atoms with E-state index in [0.29, 0.717) is 5.56 Å².